The van der Waals surface area contributed by atoms with Crippen molar-refractivity contribution >= 4 is 11.5 Å². The van der Waals surface area contributed by atoms with E-state index in [9.17, 15) is 0 Å². The van der Waals surface area contributed by atoms with Gasteiger partial charge in [-0.1, -0.05) is 0 Å². The smallest absolute Gasteiger partial charge is 0.231 e. The largest absolute Gasteiger partial charge is 0.497 e. The minimum Gasteiger partial charge on any atom is -0.497 e. The molecular formula is C17H13NO3S. The highest BCUT2D eigenvalue weighted by Crippen LogP contribution is 2.38. The van der Waals surface area contributed by atoms with Gasteiger partial charge in [-0.05, 0) is 65.6 Å². The Bertz CT molecular complexity index is 811. The molecule has 0 unspecified atom stereocenters. The van der Waals surface area contributed by atoms with Crippen molar-refractivity contribution in [3.05, 3.63) is 48.5 Å². The number of hydrogen-bond acceptors (Lipinski definition) is 5. The fourth-order valence-electron chi connectivity index (χ4n) is 2.36. The van der Waals surface area contributed by atoms with Gasteiger partial charge in [-0.3, -0.25) is 0 Å². The Balaban J connectivity index is 1.65. The highest BCUT2D eigenvalue weighted by atomic mass is 32.1. The Morgan fingerprint density at radius 1 is 0.955 bits per heavy atom. The molecule has 4 rings (SSSR count). The number of fused-ring (bicyclic) bond motifs is 1. The van der Waals surface area contributed by atoms with Crippen molar-refractivity contribution in [2.75, 3.05) is 13.9 Å². The lowest BCUT2D eigenvalue weighted by molar-refractivity contribution is 0.174. The molecule has 3 aromatic rings. The van der Waals surface area contributed by atoms with Crippen LogP contribution in [-0.2, 0) is 0 Å². The molecule has 1 aliphatic heterocycles. The molecule has 2 heterocycles. The summed E-state index contributed by atoms with van der Waals surface area (Å²) in [5.41, 5.74) is 3.12. The van der Waals surface area contributed by atoms with Crippen LogP contribution >= 0.6 is 11.5 Å². The molecule has 4 nitrogen and oxygen atoms in total. The van der Waals surface area contributed by atoms with E-state index in [4.69, 9.17) is 14.2 Å². The lowest BCUT2D eigenvalue weighted by Gasteiger charge is -2.00. The van der Waals surface area contributed by atoms with E-state index < -0.39 is 0 Å². The van der Waals surface area contributed by atoms with Gasteiger partial charge in [0.05, 0.1) is 17.7 Å². The molecule has 1 aliphatic rings. The van der Waals surface area contributed by atoms with Crippen LogP contribution in [0.2, 0.25) is 0 Å². The van der Waals surface area contributed by atoms with Crippen molar-refractivity contribution in [3.63, 3.8) is 0 Å². The molecule has 0 fully saturated rings. The van der Waals surface area contributed by atoms with E-state index in [0.29, 0.717) is 6.79 Å². The minimum atomic E-state index is 0.290. The maximum Gasteiger partial charge on any atom is 0.231 e. The van der Waals surface area contributed by atoms with E-state index >= 15 is 0 Å². The first-order chi connectivity index (χ1) is 10.8. The predicted octanol–water partition coefficient (Wildman–Crippen LogP) is 4.21. The van der Waals surface area contributed by atoms with Gasteiger partial charge in [0, 0.05) is 5.56 Å². The monoisotopic (exact) mass is 311 g/mol. The summed E-state index contributed by atoms with van der Waals surface area (Å²) >= 11 is 1.48. The SMILES string of the molecule is COc1ccc(-c2cc(-c3ccc4c(c3)OCO4)sn2)cc1. The van der Waals surface area contributed by atoms with E-state index in [1.54, 1.807) is 7.11 Å². The van der Waals surface area contributed by atoms with Gasteiger partial charge in [0.25, 0.3) is 0 Å². The second kappa shape index (κ2) is 5.35. The van der Waals surface area contributed by atoms with Crippen LogP contribution in [0.3, 0.4) is 0 Å². The molecule has 0 spiro atoms. The van der Waals surface area contributed by atoms with Gasteiger partial charge in [0.2, 0.25) is 6.79 Å². The van der Waals surface area contributed by atoms with Gasteiger partial charge in [0.15, 0.2) is 11.5 Å². The minimum absolute atomic E-state index is 0.290. The normalized spacial score (nSPS) is 12.4. The van der Waals surface area contributed by atoms with E-state index in [1.165, 1.54) is 11.5 Å². The summed E-state index contributed by atoms with van der Waals surface area (Å²) in [5.74, 6) is 2.43. The number of benzene rings is 2. The van der Waals surface area contributed by atoms with Crippen molar-refractivity contribution in [3.8, 4) is 38.9 Å². The quantitative estimate of drug-likeness (QED) is 0.726. The summed E-state index contributed by atoms with van der Waals surface area (Å²) in [7, 11) is 1.66. The molecule has 0 saturated carbocycles. The highest BCUT2D eigenvalue weighted by molar-refractivity contribution is 7.09. The molecule has 2 aromatic carbocycles. The Kier molecular flexibility index (Phi) is 3.20. The molecule has 1 aromatic heterocycles. The van der Waals surface area contributed by atoms with Crippen molar-refractivity contribution in [2.45, 2.75) is 0 Å². The first-order valence-electron chi connectivity index (χ1n) is 6.85. The lowest BCUT2D eigenvalue weighted by atomic mass is 10.1. The third kappa shape index (κ3) is 2.29. The maximum absolute atomic E-state index is 5.43. The Morgan fingerprint density at radius 2 is 1.73 bits per heavy atom. The summed E-state index contributed by atoms with van der Waals surface area (Å²) < 4.78 is 20.5. The molecule has 0 atom stereocenters. The third-order valence-corrected chi connectivity index (χ3v) is 4.39. The second-order valence-electron chi connectivity index (χ2n) is 4.87. The number of methoxy groups -OCH3 is 1. The summed E-state index contributed by atoms with van der Waals surface area (Å²) in [5, 5.41) is 0. The predicted molar refractivity (Wildman–Crippen MR) is 85.7 cm³/mol. The average molecular weight is 311 g/mol. The zero-order chi connectivity index (χ0) is 14.9. The van der Waals surface area contributed by atoms with Crippen molar-refractivity contribution in [1.82, 2.24) is 4.37 Å². The second-order valence-corrected chi connectivity index (χ2v) is 5.68. The molecule has 0 N–H and O–H groups in total. The molecule has 0 radical (unpaired) electrons. The lowest BCUT2D eigenvalue weighted by Crippen LogP contribution is -1.92. The van der Waals surface area contributed by atoms with Gasteiger partial charge in [-0.2, -0.15) is 4.37 Å². The van der Waals surface area contributed by atoms with Gasteiger partial charge in [-0.25, -0.2) is 0 Å². The fraction of sp³-hybridized carbons (Fsp3) is 0.118. The van der Waals surface area contributed by atoms with E-state index in [0.717, 1.165) is 38.9 Å². The number of aromatic nitrogens is 1. The Hall–Kier alpha value is -2.53. The molecule has 0 bridgehead atoms. The molecule has 5 heteroatoms. The van der Waals surface area contributed by atoms with E-state index in [1.807, 2.05) is 42.5 Å². The zero-order valence-electron chi connectivity index (χ0n) is 11.9. The highest BCUT2D eigenvalue weighted by Gasteiger charge is 2.15. The van der Waals surface area contributed by atoms with Gasteiger partial charge in [-0.15, -0.1) is 0 Å². The van der Waals surface area contributed by atoms with E-state index in [2.05, 4.69) is 10.4 Å². The topological polar surface area (TPSA) is 40.6 Å². The maximum atomic E-state index is 5.43. The van der Waals surface area contributed by atoms with Gasteiger partial charge in [0.1, 0.15) is 5.75 Å². The van der Waals surface area contributed by atoms with Crippen LogP contribution in [0.4, 0.5) is 0 Å². The van der Waals surface area contributed by atoms with Crippen LogP contribution in [0, 0.1) is 0 Å². The molecular weight excluding hydrogens is 298 g/mol. The van der Waals surface area contributed by atoms with Crippen molar-refractivity contribution in [2.24, 2.45) is 0 Å². The van der Waals surface area contributed by atoms with Gasteiger partial charge >= 0.3 is 0 Å². The van der Waals surface area contributed by atoms with Crippen LogP contribution in [0.25, 0.3) is 21.7 Å². The fourth-order valence-corrected chi connectivity index (χ4v) is 3.11. The molecule has 110 valence electrons. The first-order valence-corrected chi connectivity index (χ1v) is 7.62. The van der Waals surface area contributed by atoms with Gasteiger partial charge < -0.3 is 14.2 Å². The standard InChI is InChI=1S/C17H13NO3S/c1-19-13-5-2-11(3-6-13)14-9-17(22-18-14)12-4-7-15-16(8-12)21-10-20-15/h2-9H,10H2,1H3. The van der Waals surface area contributed by atoms with Crippen molar-refractivity contribution < 1.29 is 14.2 Å². The molecule has 0 aliphatic carbocycles. The zero-order valence-corrected chi connectivity index (χ0v) is 12.7. The summed E-state index contributed by atoms with van der Waals surface area (Å²) in [6, 6.07) is 15.9. The number of nitrogens with zero attached hydrogens (tertiary/aromatic N) is 1. The molecule has 0 saturated heterocycles. The van der Waals surface area contributed by atoms with Crippen molar-refractivity contribution in [1.29, 1.82) is 0 Å². The van der Waals surface area contributed by atoms with Crippen LogP contribution in [0.5, 0.6) is 17.2 Å². The average Bonchev–Trinajstić information content (AvgIpc) is 3.23. The molecule has 0 amide bonds. The third-order valence-electron chi connectivity index (χ3n) is 3.55. The number of ether oxygens (including phenoxy) is 3. The number of rotatable bonds is 3. The van der Waals surface area contributed by atoms with Crippen LogP contribution < -0.4 is 14.2 Å². The first kappa shape index (κ1) is 13.2. The Morgan fingerprint density at radius 3 is 2.55 bits per heavy atom. The Labute approximate surface area is 132 Å². The molecule has 22 heavy (non-hydrogen) atoms. The summed E-state index contributed by atoms with van der Waals surface area (Å²) in [4.78, 5) is 1.10. The summed E-state index contributed by atoms with van der Waals surface area (Å²) in [6.45, 7) is 0.290. The van der Waals surface area contributed by atoms with E-state index in [-0.39, 0.29) is 0 Å². The number of hydrogen-bond donors (Lipinski definition) is 0. The van der Waals surface area contributed by atoms with Crippen LogP contribution in [0.1, 0.15) is 0 Å². The van der Waals surface area contributed by atoms with Crippen LogP contribution in [-0.4, -0.2) is 18.3 Å². The summed E-state index contributed by atoms with van der Waals surface area (Å²) in [6.07, 6.45) is 0. The van der Waals surface area contributed by atoms with Crippen LogP contribution in [0.15, 0.2) is 48.5 Å².